The molecule has 0 heterocycles. The highest BCUT2D eigenvalue weighted by atomic mass is 19.4. The molecule has 0 amide bonds. The summed E-state index contributed by atoms with van der Waals surface area (Å²) in [7, 11) is 1.47. The van der Waals surface area contributed by atoms with Crippen molar-refractivity contribution < 1.29 is 22.0 Å². The van der Waals surface area contributed by atoms with Crippen LogP contribution in [0, 0.1) is 17.6 Å². The number of alkyl halides is 3. The molecular weight excluding hydrogens is 329 g/mol. The molecule has 24 heavy (non-hydrogen) atoms. The van der Waals surface area contributed by atoms with Crippen molar-refractivity contribution in [3.8, 4) is 0 Å². The highest BCUT2D eigenvalue weighted by molar-refractivity contribution is 5.79. The average Bonchev–Trinajstić information content (AvgIpc) is 2.53. The van der Waals surface area contributed by atoms with Crippen molar-refractivity contribution in [1.82, 2.24) is 10.6 Å². The lowest BCUT2D eigenvalue weighted by atomic mass is 9.85. The number of hydrogen-bond acceptors (Lipinski definition) is 1. The predicted octanol–water partition coefficient (Wildman–Crippen LogP) is 3.75. The average molecular weight is 349 g/mol. The maximum Gasteiger partial charge on any atom is 0.391 e. The number of nitrogens with one attached hydrogen (secondary N) is 2. The van der Waals surface area contributed by atoms with E-state index in [1.165, 1.54) is 7.05 Å². The molecule has 1 aliphatic carbocycles. The van der Waals surface area contributed by atoms with Crippen molar-refractivity contribution >= 4 is 5.96 Å². The van der Waals surface area contributed by atoms with Gasteiger partial charge in [0.1, 0.15) is 11.6 Å². The SMILES string of the molecule is CN=C(NCc1cc(F)ccc1F)NC1CCCC(C(F)(F)F)C1. The van der Waals surface area contributed by atoms with E-state index in [-0.39, 0.29) is 37.0 Å². The van der Waals surface area contributed by atoms with Gasteiger partial charge in [-0.3, -0.25) is 4.99 Å². The van der Waals surface area contributed by atoms with Gasteiger partial charge in [0, 0.05) is 25.2 Å². The summed E-state index contributed by atoms with van der Waals surface area (Å²) in [5.74, 6) is -2.17. The van der Waals surface area contributed by atoms with Crippen LogP contribution < -0.4 is 10.6 Å². The molecule has 1 aromatic carbocycles. The largest absolute Gasteiger partial charge is 0.391 e. The van der Waals surface area contributed by atoms with Gasteiger partial charge in [-0.05, 0) is 37.5 Å². The van der Waals surface area contributed by atoms with Crippen LogP contribution in [0.3, 0.4) is 0 Å². The summed E-state index contributed by atoms with van der Waals surface area (Å²) in [6, 6.07) is 2.76. The first kappa shape index (κ1) is 18.5. The molecule has 2 N–H and O–H groups in total. The zero-order valence-corrected chi connectivity index (χ0v) is 13.3. The van der Waals surface area contributed by atoms with E-state index in [0.29, 0.717) is 12.8 Å². The maximum atomic E-state index is 13.6. The molecule has 0 radical (unpaired) electrons. The first-order valence-corrected chi connectivity index (χ1v) is 7.77. The van der Waals surface area contributed by atoms with Crippen LogP contribution in [-0.4, -0.2) is 25.2 Å². The molecular formula is C16H20F5N3. The zero-order chi connectivity index (χ0) is 17.7. The minimum absolute atomic E-state index is 0.0152. The fourth-order valence-corrected chi connectivity index (χ4v) is 2.86. The van der Waals surface area contributed by atoms with Crippen LogP contribution in [0.2, 0.25) is 0 Å². The molecule has 2 atom stereocenters. The number of guanidine groups is 1. The molecule has 1 saturated carbocycles. The molecule has 3 nitrogen and oxygen atoms in total. The van der Waals surface area contributed by atoms with E-state index >= 15 is 0 Å². The van der Waals surface area contributed by atoms with E-state index in [1.54, 1.807) is 0 Å². The van der Waals surface area contributed by atoms with Crippen molar-refractivity contribution in [2.24, 2.45) is 10.9 Å². The second kappa shape index (κ2) is 7.81. The molecule has 2 rings (SSSR count). The Morgan fingerprint density at radius 3 is 2.67 bits per heavy atom. The third-order valence-corrected chi connectivity index (χ3v) is 4.16. The molecule has 1 aromatic rings. The number of halogens is 5. The number of benzene rings is 1. The Kier molecular flexibility index (Phi) is 6.01. The van der Waals surface area contributed by atoms with Gasteiger partial charge in [-0.25, -0.2) is 8.78 Å². The normalized spacial score (nSPS) is 22.3. The van der Waals surface area contributed by atoms with Crippen LogP contribution in [0.15, 0.2) is 23.2 Å². The van der Waals surface area contributed by atoms with E-state index in [1.807, 2.05) is 0 Å². The number of rotatable bonds is 3. The second-order valence-corrected chi connectivity index (χ2v) is 5.91. The predicted molar refractivity (Wildman–Crippen MR) is 81.5 cm³/mol. The molecule has 1 aliphatic rings. The van der Waals surface area contributed by atoms with Crippen molar-refractivity contribution in [3.05, 3.63) is 35.4 Å². The molecule has 0 bridgehead atoms. The van der Waals surface area contributed by atoms with Gasteiger partial charge in [0.2, 0.25) is 0 Å². The van der Waals surface area contributed by atoms with Gasteiger partial charge >= 0.3 is 6.18 Å². The third kappa shape index (κ3) is 5.07. The van der Waals surface area contributed by atoms with Crippen molar-refractivity contribution in [2.75, 3.05) is 7.05 Å². The van der Waals surface area contributed by atoms with Crippen LogP contribution >= 0.6 is 0 Å². The smallest absolute Gasteiger partial charge is 0.354 e. The lowest BCUT2D eigenvalue weighted by Gasteiger charge is -2.31. The van der Waals surface area contributed by atoms with E-state index < -0.39 is 23.7 Å². The Morgan fingerprint density at radius 1 is 1.25 bits per heavy atom. The first-order chi connectivity index (χ1) is 11.3. The summed E-state index contributed by atoms with van der Waals surface area (Å²) < 4.78 is 65.2. The van der Waals surface area contributed by atoms with Gasteiger partial charge in [0.05, 0.1) is 5.92 Å². The van der Waals surface area contributed by atoms with E-state index in [0.717, 1.165) is 18.2 Å². The minimum atomic E-state index is -4.19. The van der Waals surface area contributed by atoms with Gasteiger partial charge < -0.3 is 10.6 Å². The third-order valence-electron chi connectivity index (χ3n) is 4.16. The summed E-state index contributed by atoms with van der Waals surface area (Å²) in [5.41, 5.74) is 0.120. The topological polar surface area (TPSA) is 36.4 Å². The Hall–Kier alpha value is -1.86. The van der Waals surface area contributed by atoms with Crippen LogP contribution in [0.1, 0.15) is 31.2 Å². The lowest BCUT2D eigenvalue weighted by molar-refractivity contribution is -0.183. The van der Waals surface area contributed by atoms with Crippen LogP contribution in [0.25, 0.3) is 0 Å². The number of hydrogen-bond donors (Lipinski definition) is 2. The molecule has 0 spiro atoms. The van der Waals surface area contributed by atoms with E-state index in [2.05, 4.69) is 15.6 Å². The van der Waals surface area contributed by atoms with Gasteiger partial charge in [0.25, 0.3) is 0 Å². The lowest BCUT2D eigenvalue weighted by Crippen LogP contribution is -2.46. The first-order valence-electron chi connectivity index (χ1n) is 7.77. The maximum absolute atomic E-state index is 13.6. The monoisotopic (exact) mass is 349 g/mol. The van der Waals surface area contributed by atoms with E-state index in [4.69, 9.17) is 0 Å². The standard InChI is InChI=1S/C16H20F5N3/c1-22-15(23-9-10-7-12(17)5-6-14(10)18)24-13-4-2-3-11(8-13)16(19,20)21/h5-7,11,13H,2-4,8-9H2,1H3,(H2,22,23,24). The van der Waals surface area contributed by atoms with Crippen LogP contribution in [0.5, 0.6) is 0 Å². The number of nitrogens with zero attached hydrogens (tertiary/aromatic N) is 1. The molecule has 0 aromatic heterocycles. The Morgan fingerprint density at radius 2 is 2.00 bits per heavy atom. The Balaban J connectivity index is 1.91. The van der Waals surface area contributed by atoms with Crippen LogP contribution in [0.4, 0.5) is 22.0 Å². The fraction of sp³-hybridized carbons (Fsp3) is 0.562. The summed E-state index contributed by atoms with van der Waals surface area (Å²) in [4.78, 5) is 3.93. The van der Waals surface area contributed by atoms with Crippen molar-refractivity contribution in [1.29, 1.82) is 0 Å². The summed E-state index contributed by atoms with van der Waals surface area (Å²) in [6.45, 7) is -0.0152. The second-order valence-electron chi connectivity index (χ2n) is 5.91. The zero-order valence-electron chi connectivity index (χ0n) is 13.3. The summed E-state index contributed by atoms with van der Waals surface area (Å²) in [5, 5.41) is 5.74. The Labute approximate surface area is 137 Å². The highest BCUT2D eigenvalue weighted by Crippen LogP contribution is 2.37. The van der Waals surface area contributed by atoms with Crippen molar-refractivity contribution in [2.45, 2.75) is 44.4 Å². The van der Waals surface area contributed by atoms with Gasteiger partial charge in [-0.2, -0.15) is 13.2 Å². The summed E-state index contributed by atoms with van der Waals surface area (Å²) >= 11 is 0. The number of aliphatic imine (C=N–C) groups is 1. The quantitative estimate of drug-likeness (QED) is 0.495. The molecule has 0 aliphatic heterocycles. The van der Waals surface area contributed by atoms with Crippen molar-refractivity contribution in [3.63, 3.8) is 0 Å². The molecule has 134 valence electrons. The Bertz CT molecular complexity index is 586. The van der Waals surface area contributed by atoms with Gasteiger partial charge in [-0.1, -0.05) is 6.42 Å². The van der Waals surface area contributed by atoms with Gasteiger partial charge in [-0.15, -0.1) is 0 Å². The van der Waals surface area contributed by atoms with E-state index in [9.17, 15) is 22.0 Å². The molecule has 0 saturated heterocycles. The fourth-order valence-electron chi connectivity index (χ4n) is 2.86. The molecule has 8 heteroatoms. The molecule has 1 fully saturated rings. The minimum Gasteiger partial charge on any atom is -0.354 e. The molecule has 2 unspecified atom stereocenters. The van der Waals surface area contributed by atoms with Gasteiger partial charge in [0.15, 0.2) is 5.96 Å². The highest BCUT2D eigenvalue weighted by Gasteiger charge is 2.42. The summed E-state index contributed by atoms with van der Waals surface area (Å²) in [6.07, 6.45) is -2.97. The van der Waals surface area contributed by atoms with Crippen LogP contribution in [-0.2, 0) is 6.54 Å².